The van der Waals surface area contributed by atoms with Crippen molar-refractivity contribution in [1.82, 2.24) is 9.21 Å². The van der Waals surface area contributed by atoms with Crippen LogP contribution in [0, 0.1) is 5.92 Å². The Kier molecular flexibility index (Phi) is 5.34. The zero-order valence-electron chi connectivity index (χ0n) is 14.8. The molecule has 0 saturated carbocycles. The molecule has 1 aromatic rings. The van der Waals surface area contributed by atoms with Gasteiger partial charge < -0.3 is 9.64 Å². The van der Waals surface area contributed by atoms with Crippen molar-refractivity contribution in [2.75, 3.05) is 33.0 Å². The number of nitrogens with zero attached hydrogens (tertiary/aromatic N) is 2. The third-order valence-electron chi connectivity index (χ3n) is 5.31. The summed E-state index contributed by atoms with van der Waals surface area (Å²) < 4.78 is 29.9. The Morgan fingerprint density at radius 1 is 1.08 bits per heavy atom. The Balaban J connectivity index is 1.67. The number of ether oxygens (including phenoxy) is 1. The molecular formula is C18H26N2O4S. The van der Waals surface area contributed by atoms with Gasteiger partial charge in [-0.2, -0.15) is 0 Å². The highest BCUT2D eigenvalue weighted by atomic mass is 32.2. The van der Waals surface area contributed by atoms with Crippen molar-refractivity contribution in [2.24, 2.45) is 5.92 Å². The van der Waals surface area contributed by atoms with Gasteiger partial charge in [-0.3, -0.25) is 4.79 Å². The summed E-state index contributed by atoms with van der Waals surface area (Å²) in [7, 11) is -1.52. The summed E-state index contributed by atoms with van der Waals surface area (Å²) in [6, 6.07) is 8.04. The molecule has 2 heterocycles. The lowest BCUT2D eigenvalue weighted by atomic mass is 9.95. The van der Waals surface area contributed by atoms with Crippen molar-refractivity contribution in [2.45, 2.75) is 31.7 Å². The van der Waals surface area contributed by atoms with Crippen LogP contribution in [0.1, 0.15) is 37.3 Å². The molecule has 2 aliphatic heterocycles. The highest BCUT2D eigenvalue weighted by Gasteiger charge is 2.36. The maximum atomic E-state index is 13.0. The zero-order chi connectivity index (χ0) is 18.0. The van der Waals surface area contributed by atoms with Gasteiger partial charge in [-0.15, -0.1) is 0 Å². The molecule has 1 unspecified atom stereocenters. The average Bonchev–Trinajstić information content (AvgIpc) is 3.10. The molecule has 0 aromatic heterocycles. The average molecular weight is 366 g/mol. The van der Waals surface area contributed by atoms with Crippen LogP contribution >= 0.6 is 0 Å². The number of carbonyl (C=O) groups is 1. The number of hydrogen-bond donors (Lipinski definition) is 0. The molecule has 3 rings (SSSR count). The first-order chi connectivity index (χ1) is 11.9. The molecule has 2 aliphatic rings. The molecule has 0 N–H and O–H groups in total. The van der Waals surface area contributed by atoms with Gasteiger partial charge in [0.25, 0.3) is 0 Å². The maximum Gasteiger partial charge on any atom is 0.226 e. The van der Waals surface area contributed by atoms with Crippen molar-refractivity contribution in [1.29, 1.82) is 0 Å². The smallest absolute Gasteiger partial charge is 0.226 e. The summed E-state index contributed by atoms with van der Waals surface area (Å²) in [6.07, 6.45) is 4.43. The van der Waals surface area contributed by atoms with E-state index in [-0.39, 0.29) is 17.9 Å². The lowest BCUT2D eigenvalue weighted by Gasteiger charge is -2.34. The van der Waals surface area contributed by atoms with Gasteiger partial charge in [0.05, 0.1) is 19.4 Å². The molecule has 6 nitrogen and oxygen atoms in total. The van der Waals surface area contributed by atoms with Gasteiger partial charge in [0.2, 0.25) is 15.9 Å². The van der Waals surface area contributed by atoms with Gasteiger partial charge in [0.15, 0.2) is 0 Å². The van der Waals surface area contributed by atoms with E-state index in [0.717, 1.165) is 30.7 Å². The van der Waals surface area contributed by atoms with E-state index in [9.17, 15) is 13.2 Å². The summed E-state index contributed by atoms with van der Waals surface area (Å²) in [4.78, 5) is 15.0. The van der Waals surface area contributed by atoms with E-state index >= 15 is 0 Å². The van der Waals surface area contributed by atoms with Crippen LogP contribution in [0.4, 0.5) is 0 Å². The van der Waals surface area contributed by atoms with E-state index in [1.165, 1.54) is 10.6 Å². The van der Waals surface area contributed by atoms with Gasteiger partial charge in [-0.1, -0.05) is 12.1 Å². The summed E-state index contributed by atoms with van der Waals surface area (Å²) in [5.74, 6) is 0.913. The maximum absolute atomic E-state index is 13.0. The third kappa shape index (κ3) is 3.98. The minimum atomic E-state index is -3.16. The zero-order valence-corrected chi connectivity index (χ0v) is 15.7. The predicted molar refractivity (Wildman–Crippen MR) is 95.8 cm³/mol. The van der Waals surface area contributed by atoms with E-state index < -0.39 is 10.0 Å². The molecule has 2 saturated heterocycles. The Morgan fingerprint density at radius 3 is 2.28 bits per heavy atom. The molecule has 1 amide bonds. The van der Waals surface area contributed by atoms with E-state index in [1.807, 2.05) is 29.2 Å². The molecule has 25 heavy (non-hydrogen) atoms. The van der Waals surface area contributed by atoms with E-state index in [0.29, 0.717) is 25.9 Å². The van der Waals surface area contributed by atoms with Gasteiger partial charge >= 0.3 is 0 Å². The van der Waals surface area contributed by atoms with Crippen molar-refractivity contribution in [3.63, 3.8) is 0 Å². The van der Waals surface area contributed by atoms with E-state index in [2.05, 4.69) is 0 Å². The second kappa shape index (κ2) is 7.33. The summed E-state index contributed by atoms with van der Waals surface area (Å²) >= 11 is 0. The van der Waals surface area contributed by atoms with Crippen LogP contribution < -0.4 is 4.74 Å². The highest BCUT2D eigenvalue weighted by Crippen LogP contribution is 2.35. The van der Waals surface area contributed by atoms with Crippen LogP contribution in [0.2, 0.25) is 0 Å². The van der Waals surface area contributed by atoms with Crippen LogP contribution in [0.3, 0.4) is 0 Å². The number of amides is 1. The number of methoxy groups -OCH3 is 1. The lowest BCUT2D eigenvalue weighted by molar-refractivity contribution is -0.137. The lowest BCUT2D eigenvalue weighted by Crippen LogP contribution is -2.43. The Bertz CT molecular complexity index is 709. The summed E-state index contributed by atoms with van der Waals surface area (Å²) in [5, 5.41) is 0. The molecule has 0 spiro atoms. The summed E-state index contributed by atoms with van der Waals surface area (Å²) in [6.45, 7) is 1.66. The minimum absolute atomic E-state index is 0.0724. The second-order valence-electron chi connectivity index (χ2n) is 6.90. The van der Waals surface area contributed by atoms with Crippen LogP contribution in [0.25, 0.3) is 0 Å². The molecular weight excluding hydrogens is 340 g/mol. The van der Waals surface area contributed by atoms with Crippen molar-refractivity contribution in [3.8, 4) is 5.75 Å². The first-order valence-corrected chi connectivity index (χ1v) is 10.6. The number of piperidine rings is 1. The topological polar surface area (TPSA) is 66.9 Å². The fourth-order valence-corrected chi connectivity index (χ4v) is 4.75. The summed E-state index contributed by atoms with van der Waals surface area (Å²) in [5.41, 5.74) is 1.14. The van der Waals surface area contributed by atoms with E-state index in [4.69, 9.17) is 4.74 Å². The first kappa shape index (κ1) is 18.2. The number of sulfonamides is 1. The molecule has 138 valence electrons. The quantitative estimate of drug-likeness (QED) is 0.818. The van der Waals surface area contributed by atoms with Gasteiger partial charge in [0, 0.05) is 25.6 Å². The number of rotatable bonds is 4. The van der Waals surface area contributed by atoms with Crippen LogP contribution in [-0.2, 0) is 14.8 Å². The van der Waals surface area contributed by atoms with Gasteiger partial charge in [-0.05, 0) is 43.4 Å². The molecule has 1 atom stereocenters. The number of likely N-dealkylation sites (tertiary alicyclic amines) is 1. The standard InChI is InChI=1S/C18H26N2O4S/c1-24-16-7-5-14(6-8-16)17-4-3-11-20(17)18(21)15-9-12-19(13-10-15)25(2,22)23/h5-8,15,17H,3-4,9-13H2,1-2H3. The molecule has 0 bridgehead atoms. The number of benzene rings is 1. The molecule has 7 heteroatoms. The SMILES string of the molecule is COc1ccc(C2CCCN2C(=O)C2CCN(S(C)(=O)=O)CC2)cc1. The largest absolute Gasteiger partial charge is 0.497 e. The fourth-order valence-electron chi connectivity index (χ4n) is 3.87. The Morgan fingerprint density at radius 2 is 1.72 bits per heavy atom. The number of carbonyl (C=O) groups excluding carboxylic acids is 1. The third-order valence-corrected chi connectivity index (χ3v) is 6.61. The van der Waals surface area contributed by atoms with Gasteiger partial charge in [0.1, 0.15) is 5.75 Å². The second-order valence-corrected chi connectivity index (χ2v) is 8.88. The minimum Gasteiger partial charge on any atom is -0.497 e. The van der Waals surface area contributed by atoms with Gasteiger partial charge in [-0.25, -0.2) is 12.7 Å². The van der Waals surface area contributed by atoms with Crippen molar-refractivity contribution >= 4 is 15.9 Å². The molecule has 0 aliphatic carbocycles. The van der Waals surface area contributed by atoms with Crippen LogP contribution in [0.5, 0.6) is 5.75 Å². The normalized spacial score (nSPS) is 23.0. The van der Waals surface area contributed by atoms with E-state index in [1.54, 1.807) is 7.11 Å². The van der Waals surface area contributed by atoms with Crippen LogP contribution in [0.15, 0.2) is 24.3 Å². The molecule has 2 fully saturated rings. The van der Waals surface area contributed by atoms with Crippen molar-refractivity contribution < 1.29 is 17.9 Å². The fraction of sp³-hybridized carbons (Fsp3) is 0.611. The monoisotopic (exact) mass is 366 g/mol. The van der Waals surface area contributed by atoms with Crippen molar-refractivity contribution in [3.05, 3.63) is 29.8 Å². The number of hydrogen-bond acceptors (Lipinski definition) is 4. The highest BCUT2D eigenvalue weighted by molar-refractivity contribution is 7.88. The molecule has 0 radical (unpaired) electrons. The first-order valence-electron chi connectivity index (χ1n) is 8.79. The Labute approximate surface area is 149 Å². The molecule has 1 aromatic carbocycles. The van der Waals surface area contributed by atoms with Crippen LogP contribution in [-0.4, -0.2) is 56.5 Å². The predicted octanol–water partition coefficient (Wildman–Crippen LogP) is 2.03. The Hall–Kier alpha value is -1.60.